The Morgan fingerprint density at radius 1 is 0.923 bits per heavy atom. The predicted octanol–water partition coefficient (Wildman–Crippen LogP) is 5.72. The maximum atomic E-state index is 12.6. The highest BCUT2D eigenvalue weighted by Gasteiger charge is 2.29. The van der Waals surface area contributed by atoms with Crippen LogP contribution in [-0.2, 0) is 19.1 Å². The van der Waals surface area contributed by atoms with Crippen molar-refractivity contribution in [2.45, 2.75) is 32.0 Å². The molecule has 0 N–H and O–H groups in total. The Labute approximate surface area is 153 Å². The van der Waals surface area contributed by atoms with Gasteiger partial charge in [0.15, 0.2) is 0 Å². The zero-order valence-corrected chi connectivity index (χ0v) is 14.8. The van der Waals surface area contributed by atoms with Crippen LogP contribution in [-0.4, -0.2) is 18.0 Å². The van der Waals surface area contributed by atoms with Gasteiger partial charge in [0.05, 0.1) is 5.56 Å². The van der Waals surface area contributed by atoms with Gasteiger partial charge in [-0.1, -0.05) is 54.6 Å². The molecular formula is C22H24F3N. The number of nitrogens with zero attached hydrogens (tertiary/aromatic N) is 1. The SMILES string of the molecule is FC(F)(F)c1ccc(CCCC2C=CCN(Cc3ccccc3)C2)cc1. The highest BCUT2D eigenvalue weighted by atomic mass is 19.4. The zero-order chi connectivity index (χ0) is 18.4. The van der Waals surface area contributed by atoms with E-state index in [2.05, 4.69) is 41.3 Å². The van der Waals surface area contributed by atoms with Crippen LogP contribution in [0.2, 0.25) is 0 Å². The molecule has 1 heterocycles. The summed E-state index contributed by atoms with van der Waals surface area (Å²) in [6.07, 6.45) is 3.13. The van der Waals surface area contributed by atoms with Gasteiger partial charge in [0, 0.05) is 19.6 Å². The first-order chi connectivity index (χ1) is 12.5. The fourth-order valence-corrected chi connectivity index (χ4v) is 3.46. The summed E-state index contributed by atoms with van der Waals surface area (Å²) in [5.41, 5.74) is 1.72. The van der Waals surface area contributed by atoms with E-state index in [0.717, 1.165) is 44.5 Å². The number of benzene rings is 2. The zero-order valence-electron chi connectivity index (χ0n) is 14.8. The topological polar surface area (TPSA) is 3.24 Å². The van der Waals surface area contributed by atoms with Gasteiger partial charge in [-0.25, -0.2) is 0 Å². The van der Waals surface area contributed by atoms with E-state index < -0.39 is 11.7 Å². The average Bonchev–Trinajstić information content (AvgIpc) is 2.63. The summed E-state index contributed by atoms with van der Waals surface area (Å²) < 4.78 is 37.8. The molecule has 3 rings (SSSR count). The van der Waals surface area contributed by atoms with Gasteiger partial charge in [-0.05, 0) is 48.4 Å². The number of alkyl halides is 3. The first-order valence-electron chi connectivity index (χ1n) is 9.10. The lowest BCUT2D eigenvalue weighted by Gasteiger charge is -2.29. The summed E-state index contributed by atoms with van der Waals surface area (Å²) in [6.45, 7) is 2.98. The van der Waals surface area contributed by atoms with Gasteiger partial charge in [0.25, 0.3) is 0 Å². The Bertz CT molecular complexity index is 704. The number of aryl methyl sites for hydroxylation is 1. The van der Waals surface area contributed by atoms with Crippen LogP contribution in [0.25, 0.3) is 0 Å². The Morgan fingerprint density at radius 3 is 2.35 bits per heavy atom. The molecule has 0 spiro atoms. The quantitative estimate of drug-likeness (QED) is 0.597. The Balaban J connectivity index is 1.44. The molecule has 1 nitrogen and oxygen atoms in total. The summed E-state index contributed by atoms with van der Waals surface area (Å²) in [6, 6.07) is 16.0. The number of halogens is 3. The fraction of sp³-hybridized carbons (Fsp3) is 0.364. The van der Waals surface area contributed by atoms with E-state index in [1.54, 1.807) is 12.1 Å². The van der Waals surface area contributed by atoms with E-state index in [1.807, 2.05) is 6.07 Å². The molecule has 2 aromatic rings. The van der Waals surface area contributed by atoms with Crippen molar-refractivity contribution in [2.24, 2.45) is 5.92 Å². The van der Waals surface area contributed by atoms with E-state index in [0.29, 0.717) is 5.92 Å². The van der Waals surface area contributed by atoms with Gasteiger partial charge in [0.2, 0.25) is 0 Å². The normalized spacial score (nSPS) is 18.2. The second-order valence-electron chi connectivity index (χ2n) is 6.95. The van der Waals surface area contributed by atoms with Crippen molar-refractivity contribution >= 4 is 0 Å². The summed E-state index contributed by atoms with van der Waals surface area (Å²) >= 11 is 0. The second kappa shape index (κ2) is 8.54. The molecule has 138 valence electrons. The monoisotopic (exact) mass is 359 g/mol. The van der Waals surface area contributed by atoms with Crippen molar-refractivity contribution in [3.8, 4) is 0 Å². The molecule has 0 saturated heterocycles. The number of hydrogen-bond donors (Lipinski definition) is 0. The molecule has 1 unspecified atom stereocenters. The van der Waals surface area contributed by atoms with Crippen LogP contribution in [0.15, 0.2) is 66.7 Å². The summed E-state index contributed by atoms with van der Waals surface area (Å²) in [5, 5.41) is 0. The largest absolute Gasteiger partial charge is 0.416 e. The Morgan fingerprint density at radius 2 is 1.65 bits per heavy atom. The molecular weight excluding hydrogens is 335 g/mol. The third-order valence-electron chi connectivity index (χ3n) is 4.84. The van der Waals surface area contributed by atoms with Crippen LogP contribution in [0.3, 0.4) is 0 Å². The minimum absolute atomic E-state index is 0.516. The van der Waals surface area contributed by atoms with Gasteiger partial charge >= 0.3 is 6.18 Å². The molecule has 0 radical (unpaired) electrons. The lowest BCUT2D eigenvalue weighted by atomic mass is 9.96. The molecule has 4 heteroatoms. The molecule has 0 fully saturated rings. The second-order valence-corrected chi connectivity index (χ2v) is 6.95. The van der Waals surface area contributed by atoms with Crippen LogP contribution in [0, 0.1) is 5.92 Å². The fourth-order valence-electron chi connectivity index (χ4n) is 3.46. The van der Waals surface area contributed by atoms with Gasteiger partial charge in [-0.3, -0.25) is 4.90 Å². The summed E-state index contributed by atoms with van der Waals surface area (Å²) in [4.78, 5) is 2.44. The molecule has 0 saturated carbocycles. The highest BCUT2D eigenvalue weighted by molar-refractivity contribution is 5.24. The smallest absolute Gasteiger partial charge is 0.295 e. The van der Waals surface area contributed by atoms with Crippen molar-refractivity contribution in [3.05, 3.63) is 83.4 Å². The van der Waals surface area contributed by atoms with E-state index in [1.165, 1.54) is 17.7 Å². The molecule has 1 atom stereocenters. The van der Waals surface area contributed by atoms with Crippen LogP contribution >= 0.6 is 0 Å². The Kier molecular flexibility index (Phi) is 6.15. The van der Waals surface area contributed by atoms with Crippen LogP contribution in [0.1, 0.15) is 29.5 Å². The predicted molar refractivity (Wildman–Crippen MR) is 98.7 cm³/mol. The van der Waals surface area contributed by atoms with E-state index in [-0.39, 0.29) is 0 Å². The first-order valence-corrected chi connectivity index (χ1v) is 9.10. The number of rotatable bonds is 6. The standard InChI is InChI=1S/C22H24F3N/c23-22(24,25)21-13-11-18(12-14-21)8-4-9-20-10-5-15-26(17-20)16-19-6-2-1-3-7-19/h1-3,5-7,10-14,20H,4,8-9,15-17H2. The minimum atomic E-state index is -4.26. The van der Waals surface area contributed by atoms with Gasteiger partial charge in [-0.15, -0.1) is 0 Å². The van der Waals surface area contributed by atoms with E-state index >= 15 is 0 Å². The molecule has 0 aromatic heterocycles. The third-order valence-corrected chi connectivity index (χ3v) is 4.84. The maximum Gasteiger partial charge on any atom is 0.416 e. The van der Waals surface area contributed by atoms with Crippen LogP contribution in [0.5, 0.6) is 0 Å². The molecule has 26 heavy (non-hydrogen) atoms. The summed E-state index contributed by atoms with van der Waals surface area (Å²) in [7, 11) is 0. The minimum Gasteiger partial charge on any atom is -0.295 e. The van der Waals surface area contributed by atoms with E-state index in [9.17, 15) is 13.2 Å². The van der Waals surface area contributed by atoms with Gasteiger partial charge in [0.1, 0.15) is 0 Å². The van der Waals surface area contributed by atoms with Gasteiger partial charge < -0.3 is 0 Å². The van der Waals surface area contributed by atoms with Crippen molar-refractivity contribution in [1.29, 1.82) is 0 Å². The first kappa shape index (κ1) is 18.7. The van der Waals surface area contributed by atoms with Crippen molar-refractivity contribution in [3.63, 3.8) is 0 Å². The van der Waals surface area contributed by atoms with Crippen molar-refractivity contribution < 1.29 is 13.2 Å². The highest BCUT2D eigenvalue weighted by Crippen LogP contribution is 2.29. The molecule has 0 amide bonds. The maximum absolute atomic E-state index is 12.6. The lowest BCUT2D eigenvalue weighted by Crippen LogP contribution is -2.32. The molecule has 0 aliphatic carbocycles. The molecule has 0 bridgehead atoms. The van der Waals surface area contributed by atoms with Crippen molar-refractivity contribution in [2.75, 3.05) is 13.1 Å². The average molecular weight is 359 g/mol. The molecule has 1 aliphatic rings. The van der Waals surface area contributed by atoms with Crippen LogP contribution < -0.4 is 0 Å². The summed E-state index contributed by atoms with van der Waals surface area (Å²) in [5.74, 6) is 0.516. The molecule has 1 aliphatic heterocycles. The Hall–Kier alpha value is -2.07. The van der Waals surface area contributed by atoms with E-state index in [4.69, 9.17) is 0 Å². The van der Waals surface area contributed by atoms with Crippen LogP contribution in [0.4, 0.5) is 13.2 Å². The molecule has 2 aromatic carbocycles. The lowest BCUT2D eigenvalue weighted by molar-refractivity contribution is -0.137. The number of hydrogen-bond acceptors (Lipinski definition) is 1. The third kappa shape index (κ3) is 5.46. The van der Waals surface area contributed by atoms with Crippen molar-refractivity contribution in [1.82, 2.24) is 4.90 Å². The van der Waals surface area contributed by atoms with Gasteiger partial charge in [-0.2, -0.15) is 13.2 Å².